The fraction of sp³-hybridized carbons (Fsp3) is 0.0123. The third-order valence-corrected chi connectivity index (χ3v) is 17.5. The van der Waals surface area contributed by atoms with Crippen molar-refractivity contribution in [3.05, 3.63) is 327 Å². The number of pyridine rings is 3. The first kappa shape index (κ1) is 62.4. The Hall–Kier alpha value is -11.1. The van der Waals surface area contributed by atoms with Crippen LogP contribution in [0.1, 0.15) is 5.69 Å². The summed E-state index contributed by atoms with van der Waals surface area (Å²) < 4.78 is 23.4. The molecule has 96 heavy (non-hydrogen) atoms. The summed E-state index contributed by atoms with van der Waals surface area (Å²) in [4.78, 5) is 28.9. The van der Waals surface area contributed by atoms with Crippen molar-refractivity contribution in [2.45, 2.75) is 6.92 Å². The van der Waals surface area contributed by atoms with Gasteiger partial charge in [0.25, 0.3) is 0 Å². The van der Waals surface area contributed by atoms with Gasteiger partial charge in [0.15, 0.2) is 0 Å². The summed E-state index contributed by atoms with van der Waals surface area (Å²) in [6.45, 7) is 1.98. The van der Waals surface area contributed by atoms with E-state index in [1.165, 1.54) is 27.8 Å². The largest absolute Gasteiger partial charge is 0.881 e. The maximum Gasteiger partial charge on any atom is 0.881 e. The zero-order chi connectivity index (χ0) is 63.9. The molecule has 15 heteroatoms. The van der Waals surface area contributed by atoms with Crippen LogP contribution < -0.4 is 11.4 Å². The topological polar surface area (TPSA) is 120 Å². The number of benzene rings is 11. The predicted molar refractivity (Wildman–Crippen MR) is 386 cm³/mol. The van der Waals surface area contributed by atoms with Crippen LogP contribution in [0.15, 0.2) is 316 Å². The Labute approximate surface area is 582 Å². The second-order valence-corrected chi connectivity index (χ2v) is 23.3. The molecule has 459 valence electrons. The molecule has 0 bridgehead atoms. The van der Waals surface area contributed by atoms with E-state index in [0.717, 1.165) is 121 Å². The number of hydrogen-bond acceptors (Lipinski definition) is 9. The Morgan fingerprint density at radius 2 is 0.792 bits per heavy atom. The van der Waals surface area contributed by atoms with Crippen molar-refractivity contribution in [1.82, 2.24) is 43.6 Å². The summed E-state index contributed by atoms with van der Waals surface area (Å²) in [7, 11) is 0. The average molecular weight is 1450 g/mol. The molecule has 18 aromatic rings. The van der Waals surface area contributed by atoms with Crippen LogP contribution in [0.4, 0.5) is 0 Å². The summed E-state index contributed by atoms with van der Waals surface area (Å²) in [6, 6.07) is 106. The van der Waals surface area contributed by atoms with Crippen LogP contribution in [0, 0.1) is 13.0 Å². The van der Waals surface area contributed by atoms with Crippen LogP contribution in [-0.4, -0.2) is 76.1 Å². The molecule has 0 unspecified atom stereocenters. The van der Waals surface area contributed by atoms with Gasteiger partial charge in [-0.15, -0.1) is 35.9 Å². The van der Waals surface area contributed by atoms with Crippen LogP contribution in [0.2, 0.25) is 0 Å². The second-order valence-electron chi connectivity index (χ2n) is 22.3. The summed E-state index contributed by atoms with van der Waals surface area (Å²) in [5, 5.41) is 9.13. The molecule has 0 aliphatic heterocycles. The van der Waals surface area contributed by atoms with Gasteiger partial charge in [-0.3, -0.25) is 18.7 Å². The van der Waals surface area contributed by atoms with E-state index < -0.39 is 15.9 Å². The maximum atomic E-state index is 5.89. The molecule has 3 radical (unpaired) electrons. The van der Waals surface area contributed by atoms with Crippen molar-refractivity contribution in [2.24, 2.45) is 0 Å². The predicted octanol–water partition coefficient (Wildman–Crippen LogP) is 18.3. The first-order chi connectivity index (χ1) is 47.0. The van der Waals surface area contributed by atoms with E-state index in [4.69, 9.17) is 26.3 Å². The van der Waals surface area contributed by atoms with Gasteiger partial charge in [-0.25, -0.2) is 4.98 Å². The molecule has 7 heterocycles. The molecule has 0 spiro atoms. The fourth-order valence-corrected chi connectivity index (χ4v) is 13.0. The normalized spacial score (nSPS) is 10.9. The number of aromatic nitrogens is 9. The van der Waals surface area contributed by atoms with Crippen LogP contribution in [0.25, 0.3) is 127 Å². The van der Waals surface area contributed by atoms with Gasteiger partial charge in [0.2, 0.25) is 17.8 Å². The van der Waals surface area contributed by atoms with E-state index in [9.17, 15) is 0 Å². The monoisotopic (exact) mass is 1450 g/mol. The SMILES string of the molecule is Cc1ccc2cccc([O][Al][O]c3ccc(-c4ccccc4)cc3)c2n1.[AlH][O]c1cccc2cccnc12.[Ir].[c-]1ccccc1-c1ccccn1.c1ccc2c(c1)c1ccccc1n2-c1nc(-n2c3ccccc3c3ccccc32)nc(-n2c3ccccc3c3ccccc32)n1. The van der Waals surface area contributed by atoms with Crippen LogP contribution in [0.3, 0.4) is 0 Å². The second kappa shape index (κ2) is 28.6. The van der Waals surface area contributed by atoms with Crippen molar-refractivity contribution in [3.8, 4) is 57.5 Å². The van der Waals surface area contributed by atoms with Crippen LogP contribution in [0.5, 0.6) is 17.2 Å². The number of fused-ring (bicyclic) bond motifs is 11. The summed E-state index contributed by atoms with van der Waals surface area (Å²) in [6.07, 6.45) is 3.56. The van der Waals surface area contributed by atoms with Crippen molar-refractivity contribution in [3.63, 3.8) is 0 Å². The van der Waals surface area contributed by atoms with Gasteiger partial charge >= 0.3 is 32.5 Å². The molecule has 11 aromatic carbocycles. The molecule has 0 aliphatic carbocycles. The molecule has 0 N–H and O–H groups in total. The smallest absolute Gasteiger partial charge is 0.649 e. The van der Waals surface area contributed by atoms with E-state index in [-0.39, 0.29) is 20.1 Å². The molecule has 0 amide bonds. The van der Waals surface area contributed by atoms with Gasteiger partial charge < -0.3 is 16.3 Å². The number of para-hydroxylation sites is 8. The van der Waals surface area contributed by atoms with Gasteiger partial charge in [0.1, 0.15) is 22.5 Å². The fourth-order valence-electron chi connectivity index (χ4n) is 12.1. The number of aryl methyl sites for hydroxylation is 1. The third-order valence-electron chi connectivity index (χ3n) is 16.5. The molecule has 12 nitrogen and oxygen atoms in total. The van der Waals surface area contributed by atoms with Crippen molar-refractivity contribution < 1.29 is 31.5 Å². The Morgan fingerprint density at radius 3 is 1.27 bits per heavy atom. The Morgan fingerprint density at radius 1 is 0.354 bits per heavy atom. The van der Waals surface area contributed by atoms with Gasteiger partial charge in [-0.05, 0) is 103 Å². The van der Waals surface area contributed by atoms with E-state index >= 15 is 0 Å². The van der Waals surface area contributed by atoms with Gasteiger partial charge in [0, 0.05) is 81.3 Å². The number of rotatable bonds is 10. The first-order valence-electron chi connectivity index (χ1n) is 31.1. The Bertz CT molecular complexity index is 5220. The minimum absolute atomic E-state index is 0. The van der Waals surface area contributed by atoms with E-state index in [0.29, 0.717) is 17.8 Å². The molecular formula is C81H56Al2IrN9O3-. The van der Waals surface area contributed by atoms with Crippen molar-refractivity contribution in [1.29, 1.82) is 0 Å². The zero-order valence-electron chi connectivity index (χ0n) is 51.9. The standard InChI is InChI=1S/C39H24N6.C12H10O.C11H8N.C10H9NO.C9H7NO.2Al.Ir.H/c1-7-19-31-25(13-1)26-14-2-8-20-32(26)43(31)37-40-38(44-33-21-9-3-15-27(33)28-16-4-10-22-34(28)44)42-39(41-37)45-35-23-11-5-17-29(35)30-18-6-12-24-36(30)45;13-12-8-6-11(7-9-12)10-4-2-1-3-5-10;1-2-6-10(7-3-1)11-8-4-5-9-12-11;1-7-5-6-8-3-2-4-9(12)10(8)11-7;11-8-5-1-3-7-4-2-6-10-9(7)8;;;;/h1-24H;1-9,13H;1-6,8-9H;2-6,12H,1H3;1-6,11H;;;;/q;;-1;;;+1;+2;;/p-3. The molecule has 0 saturated carbocycles. The Kier molecular flexibility index (Phi) is 18.6. The molecule has 18 rings (SSSR count). The average Bonchev–Trinajstić information content (AvgIpc) is 1.58. The third kappa shape index (κ3) is 12.7. The number of nitrogens with zero attached hydrogens (tertiary/aromatic N) is 9. The number of hydrogen-bond donors (Lipinski definition) is 0. The van der Waals surface area contributed by atoms with E-state index in [1.54, 1.807) is 12.4 Å². The molecule has 0 saturated heterocycles. The Balaban J connectivity index is 0.000000130. The molecule has 0 fully saturated rings. The first-order valence-corrected chi connectivity index (χ1v) is 32.6. The van der Waals surface area contributed by atoms with Gasteiger partial charge in [0.05, 0.1) is 38.8 Å². The van der Waals surface area contributed by atoms with Crippen LogP contribution in [-0.2, 0) is 20.1 Å². The maximum absolute atomic E-state index is 5.89. The summed E-state index contributed by atoms with van der Waals surface area (Å²) in [5.74, 6) is 4.11. The van der Waals surface area contributed by atoms with Crippen molar-refractivity contribution in [2.75, 3.05) is 0 Å². The van der Waals surface area contributed by atoms with Crippen molar-refractivity contribution >= 4 is 120 Å². The quantitative estimate of drug-likeness (QED) is 0.0974. The molecule has 0 aliphatic rings. The van der Waals surface area contributed by atoms with E-state index in [2.05, 4.69) is 211 Å². The molecule has 0 atom stereocenters. The molecule has 7 aromatic heterocycles. The minimum atomic E-state index is -0.665. The van der Waals surface area contributed by atoms with Crippen LogP contribution >= 0.6 is 0 Å². The zero-order valence-corrected chi connectivity index (χ0v) is 56.9. The van der Waals surface area contributed by atoms with Gasteiger partial charge in [-0.1, -0.05) is 200 Å². The summed E-state index contributed by atoms with van der Waals surface area (Å²) in [5.41, 5.74) is 13.4. The molecular weight excluding hydrogens is 1390 g/mol. The minimum Gasteiger partial charge on any atom is -0.649 e. The van der Waals surface area contributed by atoms with Gasteiger partial charge in [-0.2, -0.15) is 15.0 Å². The summed E-state index contributed by atoms with van der Waals surface area (Å²) >= 11 is 0.801. The van der Waals surface area contributed by atoms with E-state index in [1.807, 2.05) is 134 Å².